The summed E-state index contributed by atoms with van der Waals surface area (Å²) in [5.74, 6) is 1.24. The highest BCUT2D eigenvalue weighted by Crippen LogP contribution is 2.28. The minimum atomic E-state index is 0.0598. The number of fused-ring (bicyclic) bond motifs is 1. The molecule has 1 amide bonds. The normalized spacial score (nSPS) is 14.1. The highest BCUT2D eigenvalue weighted by Gasteiger charge is 2.21. The van der Waals surface area contributed by atoms with E-state index in [0.717, 1.165) is 43.1 Å². The number of benzene rings is 3. The van der Waals surface area contributed by atoms with Gasteiger partial charge in [0.1, 0.15) is 6.33 Å². The molecule has 184 valence electrons. The Morgan fingerprint density at radius 1 is 0.811 bits per heavy atom. The summed E-state index contributed by atoms with van der Waals surface area (Å²) in [5.41, 5.74) is 4.76. The number of amides is 1. The van der Waals surface area contributed by atoms with Crippen LogP contribution in [0.1, 0.15) is 10.4 Å². The van der Waals surface area contributed by atoms with Crippen molar-refractivity contribution in [2.75, 3.05) is 38.5 Å². The first-order valence-electron chi connectivity index (χ1n) is 12.4. The van der Waals surface area contributed by atoms with Crippen molar-refractivity contribution in [3.63, 3.8) is 0 Å². The minimum Gasteiger partial charge on any atom is -0.338 e. The van der Waals surface area contributed by atoms with Crippen molar-refractivity contribution in [1.29, 1.82) is 0 Å². The zero-order valence-electron chi connectivity index (χ0n) is 20.6. The first-order valence-corrected chi connectivity index (χ1v) is 12.4. The average molecular weight is 490 g/mol. The summed E-state index contributed by atoms with van der Waals surface area (Å²) in [6, 6.07) is 27.5. The molecule has 3 heterocycles. The van der Waals surface area contributed by atoms with E-state index in [9.17, 15) is 4.79 Å². The molecule has 0 bridgehead atoms. The molecular weight excluding hydrogens is 462 g/mol. The van der Waals surface area contributed by atoms with E-state index in [1.165, 1.54) is 0 Å². The van der Waals surface area contributed by atoms with Crippen molar-refractivity contribution in [1.82, 2.24) is 29.3 Å². The van der Waals surface area contributed by atoms with Gasteiger partial charge in [-0.2, -0.15) is 0 Å². The van der Waals surface area contributed by atoms with Crippen molar-refractivity contribution in [3.8, 4) is 17.1 Å². The Balaban J connectivity index is 1.38. The van der Waals surface area contributed by atoms with Gasteiger partial charge in [-0.3, -0.25) is 9.36 Å². The van der Waals surface area contributed by atoms with Crippen LogP contribution in [0.3, 0.4) is 0 Å². The molecule has 1 saturated heterocycles. The third-order valence-corrected chi connectivity index (χ3v) is 6.65. The van der Waals surface area contributed by atoms with E-state index in [0.29, 0.717) is 28.4 Å². The number of anilines is 2. The molecule has 1 fully saturated rings. The summed E-state index contributed by atoms with van der Waals surface area (Å²) in [5, 5.41) is 3.41. The van der Waals surface area contributed by atoms with Gasteiger partial charge in [-0.25, -0.2) is 15.0 Å². The van der Waals surface area contributed by atoms with Crippen LogP contribution < -0.4 is 5.32 Å². The Morgan fingerprint density at radius 2 is 1.49 bits per heavy atom. The van der Waals surface area contributed by atoms with Crippen molar-refractivity contribution in [2.24, 2.45) is 0 Å². The summed E-state index contributed by atoms with van der Waals surface area (Å²) < 4.78 is 1.96. The molecule has 8 heteroatoms. The second-order valence-electron chi connectivity index (χ2n) is 9.18. The molecule has 3 aromatic carbocycles. The number of piperazine rings is 1. The van der Waals surface area contributed by atoms with Crippen LogP contribution in [0.5, 0.6) is 0 Å². The summed E-state index contributed by atoms with van der Waals surface area (Å²) in [6.45, 7) is 3.28. The Morgan fingerprint density at radius 3 is 2.19 bits per heavy atom. The van der Waals surface area contributed by atoms with Crippen molar-refractivity contribution < 1.29 is 4.79 Å². The molecule has 0 radical (unpaired) electrons. The van der Waals surface area contributed by atoms with Crippen LogP contribution in [-0.2, 0) is 0 Å². The SMILES string of the molecule is CN1CCN(C(=O)c2ccc(-c3nc(Nc4ccccc4)c4ncn(-c5ccccc5)c4n3)cc2)CC1. The van der Waals surface area contributed by atoms with E-state index in [4.69, 9.17) is 9.97 Å². The van der Waals surface area contributed by atoms with Gasteiger partial charge in [0.25, 0.3) is 5.91 Å². The lowest BCUT2D eigenvalue weighted by atomic mass is 10.1. The Kier molecular flexibility index (Phi) is 6.08. The average Bonchev–Trinajstić information content (AvgIpc) is 3.39. The number of hydrogen-bond donors (Lipinski definition) is 1. The molecule has 37 heavy (non-hydrogen) atoms. The van der Waals surface area contributed by atoms with Gasteiger partial charge >= 0.3 is 0 Å². The van der Waals surface area contributed by atoms with E-state index in [1.54, 1.807) is 6.33 Å². The molecule has 8 nitrogen and oxygen atoms in total. The highest BCUT2D eigenvalue weighted by molar-refractivity contribution is 5.95. The fraction of sp³-hybridized carbons (Fsp3) is 0.172. The number of para-hydroxylation sites is 2. The summed E-state index contributed by atoms with van der Waals surface area (Å²) >= 11 is 0. The van der Waals surface area contributed by atoms with Gasteiger partial charge in [0.2, 0.25) is 0 Å². The smallest absolute Gasteiger partial charge is 0.253 e. The maximum atomic E-state index is 13.0. The molecule has 0 saturated carbocycles. The summed E-state index contributed by atoms with van der Waals surface area (Å²) in [4.78, 5) is 31.6. The van der Waals surface area contributed by atoms with Crippen LogP contribution in [0.15, 0.2) is 91.3 Å². The predicted molar refractivity (Wildman–Crippen MR) is 145 cm³/mol. The third-order valence-electron chi connectivity index (χ3n) is 6.65. The monoisotopic (exact) mass is 489 g/mol. The molecule has 1 aliphatic rings. The van der Waals surface area contributed by atoms with Crippen LogP contribution in [0.25, 0.3) is 28.2 Å². The Bertz CT molecular complexity index is 1520. The molecule has 0 atom stereocenters. The molecule has 1 N–H and O–H groups in total. The lowest BCUT2D eigenvalue weighted by Gasteiger charge is -2.32. The number of aromatic nitrogens is 4. The van der Waals surface area contributed by atoms with E-state index in [-0.39, 0.29) is 5.91 Å². The van der Waals surface area contributed by atoms with E-state index < -0.39 is 0 Å². The number of likely N-dealkylation sites (N-methyl/N-ethyl adjacent to an activating group) is 1. The standard InChI is InChI=1S/C29H27N7O/c1-34-16-18-35(19-17-34)29(37)22-14-12-21(13-15-22)26-32-27(31-23-8-4-2-5-9-23)25-28(33-26)36(20-30-25)24-10-6-3-7-11-24/h2-15,20H,16-19H2,1H3,(H,31,32,33). The van der Waals surface area contributed by atoms with Crippen LogP contribution in [-0.4, -0.2) is 68.5 Å². The second kappa shape index (κ2) is 9.83. The Hall–Kier alpha value is -4.56. The summed E-state index contributed by atoms with van der Waals surface area (Å²) in [6.07, 6.45) is 1.77. The van der Waals surface area contributed by atoms with Gasteiger partial charge in [0, 0.05) is 48.7 Å². The molecule has 6 rings (SSSR count). The fourth-order valence-electron chi connectivity index (χ4n) is 4.51. The van der Waals surface area contributed by atoms with Crippen LogP contribution >= 0.6 is 0 Å². The Labute approximate surface area is 215 Å². The lowest BCUT2D eigenvalue weighted by Crippen LogP contribution is -2.47. The molecule has 5 aromatic rings. The van der Waals surface area contributed by atoms with E-state index >= 15 is 0 Å². The molecule has 0 aliphatic carbocycles. The largest absolute Gasteiger partial charge is 0.338 e. The molecule has 1 aliphatic heterocycles. The first kappa shape index (κ1) is 22.9. The molecular formula is C29H27N7O. The maximum absolute atomic E-state index is 13.0. The first-order chi connectivity index (χ1) is 18.2. The van der Waals surface area contributed by atoms with Crippen molar-refractivity contribution >= 4 is 28.6 Å². The zero-order chi connectivity index (χ0) is 25.2. The zero-order valence-corrected chi connectivity index (χ0v) is 20.6. The van der Waals surface area contributed by atoms with Gasteiger partial charge in [-0.1, -0.05) is 48.5 Å². The number of imidazole rings is 1. The van der Waals surface area contributed by atoms with Crippen LogP contribution in [0.4, 0.5) is 11.5 Å². The molecule has 0 spiro atoms. The van der Waals surface area contributed by atoms with Gasteiger partial charge < -0.3 is 15.1 Å². The second-order valence-corrected chi connectivity index (χ2v) is 9.18. The van der Waals surface area contributed by atoms with Crippen molar-refractivity contribution in [3.05, 3.63) is 96.8 Å². The highest BCUT2D eigenvalue weighted by atomic mass is 16.2. The molecule has 2 aromatic heterocycles. The van der Waals surface area contributed by atoms with Gasteiger partial charge in [-0.05, 0) is 43.4 Å². The number of nitrogens with zero attached hydrogens (tertiary/aromatic N) is 6. The number of nitrogens with one attached hydrogen (secondary N) is 1. The van der Waals surface area contributed by atoms with Gasteiger partial charge in [0.05, 0.1) is 0 Å². The number of carbonyl (C=O) groups excluding carboxylic acids is 1. The van der Waals surface area contributed by atoms with E-state index in [1.807, 2.05) is 94.4 Å². The molecule has 0 unspecified atom stereocenters. The van der Waals surface area contributed by atoms with Gasteiger partial charge in [0.15, 0.2) is 22.8 Å². The third kappa shape index (κ3) is 4.66. The number of rotatable bonds is 5. The predicted octanol–water partition coefficient (Wildman–Crippen LogP) is 4.61. The van der Waals surface area contributed by atoms with Crippen LogP contribution in [0.2, 0.25) is 0 Å². The maximum Gasteiger partial charge on any atom is 0.253 e. The minimum absolute atomic E-state index is 0.0598. The van der Waals surface area contributed by atoms with E-state index in [2.05, 4.69) is 22.2 Å². The van der Waals surface area contributed by atoms with Crippen molar-refractivity contribution in [2.45, 2.75) is 0 Å². The summed E-state index contributed by atoms with van der Waals surface area (Å²) in [7, 11) is 2.08. The number of carbonyl (C=O) groups is 1. The van der Waals surface area contributed by atoms with Gasteiger partial charge in [-0.15, -0.1) is 0 Å². The number of hydrogen-bond acceptors (Lipinski definition) is 6. The van der Waals surface area contributed by atoms with Crippen LogP contribution in [0, 0.1) is 0 Å². The topological polar surface area (TPSA) is 79.2 Å². The quantitative estimate of drug-likeness (QED) is 0.388. The fourth-order valence-corrected chi connectivity index (χ4v) is 4.51. The lowest BCUT2D eigenvalue weighted by molar-refractivity contribution is 0.0664.